The molecule has 1 fully saturated rings. The van der Waals surface area contributed by atoms with E-state index in [0.717, 1.165) is 68.4 Å². The third-order valence-corrected chi connectivity index (χ3v) is 5.96. The largest absolute Gasteiger partial charge is 0.432 e. The van der Waals surface area contributed by atoms with Crippen molar-refractivity contribution in [3.63, 3.8) is 0 Å². The van der Waals surface area contributed by atoms with E-state index in [1.54, 1.807) is 0 Å². The van der Waals surface area contributed by atoms with Crippen molar-refractivity contribution < 1.29 is 18.0 Å². The second-order valence-electron chi connectivity index (χ2n) is 8.14. The number of hydrogen-bond acceptors (Lipinski definition) is 5. The van der Waals surface area contributed by atoms with Crippen molar-refractivity contribution in [2.75, 3.05) is 25.5 Å². The molecule has 0 aromatic heterocycles. The first-order valence-electron chi connectivity index (χ1n) is 10.7. The number of anilines is 1. The zero-order valence-electron chi connectivity index (χ0n) is 17.2. The van der Waals surface area contributed by atoms with Crippen molar-refractivity contribution in [2.24, 2.45) is 0 Å². The molecule has 1 aromatic rings. The number of benzene rings is 1. The molecule has 0 spiro atoms. The van der Waals surface area contributed by atoms with Crippen LogP contribution in [0, 0.1) is 0 Å². The average Bonchev–Trinajstić information content (AvgIpc) is 2.81. The summed E-state index contributed by atoms with van der Waals surface area (Å²) in [6.07, 6.45) is 3.38. The number of hydrazine groups is 1. The van der Waals surface area contributed by atoms with Gasteiger partial charge in [-0.05, 0) is 74.4 Å². The summed E-state index contributed by atoms with van der Waals surface area (Å²) in [4.78, 5) is 5.33. The lowest BCUT2D eigenvalue weighted by Gasteiger charge is -2.34. The Labute approximate surface area is 175 Å². The number of rotatable bonds is 3. The lowest BCUT2D eigenvalue weighted by Crippen LogP contribution is -2.42. The number of halogens is 3. The predicted octanol–water partition coefficient (Wildman–Crippen LogP) is 4.51. The molecule has 30 heavy (non-hydrogen) atoms. The van der Waals surface area contributed by atoms with Crippen molar-refractivity contribution in [1.82, 2.24) is 15.9 Å². The monoisotopic (exact) mass is 422 g/mol. The highest BCUT2D eigenvalue weighted by molar-refractivity contribution is 5.74. The summed E-state index contributed by atoms with van der Waals surface area (Å²) >= 11 is 0. The normalized spacial score (nSPS) is 22.7. The third-order valence-electron chi connectivity index (χ3n) is 5.96. The van der Waals surface area contributed by atoms with Crippen LogP contribution in [0.1, 0.15) is 49.7 Å². The summed E-state index contributed by atoms with van der Waals surface area (Å²) in [5.74, 6) is 0. The molecule has 1 saturated heterocycles. The van der Waals surface area contributed by atoms with Crippen LogP contribution in [0.25, 0.3) is 5.70 Å². The van der Waals surface area contributed by atoms with Gasteiger partial charge < -0.3 is 10.6 Å². The van der Waals surface area contributed by atoms with E-state index in [9.17, 15) is 13.2 Å². The highest BCUT2D eigenvalue weighted by Gasteiger charge is 2.39. The molecule has 0 radical (unpaired) electrons. The van der Waals surface area contributed by atoms with Crippen molar-refractivity contribution in [1.29, 1.82) is 0 Å². The molecule has 3 aliphatic rings. The van der Waals surface area contributed by atoms with Crippen LogP contribution in [-0.4, -0.2) is 37.6 Å². The van der Waals surface area contributed by atoms with E-state index in [2.05, 4.69) is 22.1 Å². The fraction of sp³-hybridized carbons (Fsp3) is 0.545. The fourth-order valence-corrected chi connectivity index (χ4v) is 4.47. The van der Waals surface area contributed by atoms with Crippen LogP contribution < -0.4 is 16.1 Å². The maximum Gasteiger partial charge on any atom is 0.432 e. The maximum atomic E-state index is 13.4. The van der Waals surface area contributed by atoms with Crippen LogP contribution in [0.2, 0.25) is 0 Å². The Bertz CT molecular complexity index is 828. The summed E-state index contributed by atoms with van der Waals surface area (Å²) in [6, 6.07) is 6.57. The number of aryl methyl sites for hydroxylation is 1. The number of nitrogens with one attached hydrogen (secondary N) is 3. The zero-order valence-corrected chi connectivity index (χ0v) is 17.2. The van der Waals surface area contributed by atoms with Crippen LogP contribution in [0.5, 0.6) is 0 Å². The van der Waals surface area contributed by atoms with E-state index in [1.165, 1.54) is 18.4 Å². The van der Waals surface area contributed by atoms with Gasteiger partial charge in [-0.2, -0.15) is 18.3 Å². The molecule has 8 heteroatoms. The summed E-state index contributed by atoms with van der Waals surface area (Å²) in [7, 11) is 1.38. The number of allylic oxidation sites excluding steroid dienone is 3. The topological polar surface area (TPSA) is 48.6 Å². The molecule has 1 aromatic carbocycles. The molecule has 2 heterocycles. The van der Waals surface area contributed by atoms with E-state index in [4.69, 9.17) is 4.84 Å². The van der Waals surface area contributed by atoms with Gasteiger partial charge >= 0.3 is 6.18 Å². The molecule has 0 amide bonds. The van der Waals surface area contributed by atoms with Gasteiger partial charge in [0.15, 0.2) is 0 Å². The predicted molar refractivity (Wildman–Crippen MR) is 111 cm³/mol. The first-order valence-corrected chi connectivity index (χ1v) is 10.7. The van der Waals surface area contributed by atoms with Gasteiger partial charge in [0, 0.05) is 23.8 Å². The molecule has 4 rings (SSSR count). The summed E-state index contributed by atoms with van der Waals surface area (Å²) in [5, 5.41) is 8.19. The number of alkyl halides is 3. The van der Waals surface area contributed by atoms with Crippen LogP contribution in [0.4, 0.5) is 18.9 Å². The second-order valence-corrected chi connectivity index (χ2v) is 8.14. The summed E-state index contributed by atoms with van der Waals surface area (Å²) in [6.45, 7) is 2.01. The molecule has 164 valence electrons. The Kier molecular flexibility index (Phi) is 6.24. The zero-order chi connectivity index (χ0) is 21.1. The third kappa shape index (κ3) is 4.59. The van der Waals surface area contributed by atoms with Gasteiger partial charge in [-0.1, -0.05) is 12.5 Å². The van der Waals surface area contributed by atoms with E-state index in [-0.39, 0.29) is 0 Å². The van der Waals surface area contributed by atoms with Crippen molar-refractivity contribution in [2.45, 2.75) is 57.2 Å². The number of hydrogen-bond donors (Lipinski definition) is 3. The fourth-order valence-electron chi connectivity index (χ4n) is 4.47. The van der Waals surface area contributed by atoms with Crippen molar-refractivity contribution >= 4 is 11.4 Å². The molecular formula is C22H29F3N4O. The molecule has 0 saturated carbocycles. The Hall–Kier alpha value is -2.19. The number of hydroxylamine groups is 1. The lowest BCUT2D eigenvalue weighted by molar-refractivity contribution is -0.149. The first kappa shape index (κ1) is 21.1. The summed E-state index contributed by atoms with van der Waals surface area (Å²) in [5.41, 5.74) is 6.04. The minimum Gasteiger partial charge on any atom is -0.381 e. The number of piperidine rings is 1. The minimum atomic E-state index is -4.46. The highest BCUT2D eigenvalue weighted by Crippen LogP contribution is 2.38. The Balaban J connectivity index is 1.72. The molecule has 5 nitrogen and oxygen atoms in total. The van der Waals surface area contributed by atoms with E-state index in [0.29, 0.717) is 23.7 Å². The molecule has 1 aliphatic carbocycles. The van der Waals surface area contributed by atoms with Gasteiger partial charge in [0.1, 0.15) is 5.70 Å². The number of fused-ring (bicyclic) bond motifs is 2. The highest BCUT2D eigenvalue weighted by atomic mass is 19.4. The first-order chi connectivity index (χ1) is 14.5. The van der Waals surface area contributed by atoms with Gasteiger partial charge in [-0.15, -0.1) is 0 Å². The van der Waals surface area contributed by atoms with Gasteiger partial charge in [-0.25, -0.2) is 0 Å². The molecule has 2 aliphatic heterocycles. The standard InChI is InChI=1S/C22H29F3N4O/c1-30-29-21-16(13-20(28-29)22(23,24)25)7-4-2-3-6-15-12-17(9-10-19(15)21)27-18-8-5-11-26-14-18/h9-10,12-13,18,26-28H,2-8,11,14H2,1H3/t18-/m1/s1. The van der Waals surface area contributed by atoms with E-state index >= 15 is 0 Å². The molecule has 1 atom stereocenters. The van der Waals surface area contributed by atoms with Crippen molar-refractivity contribution in [3.8, 4) is 0 Å². The SMILES string of the molecule is CON1NC(C(F)(F)F)=CC2=C1c1ccc(N[C@@H]3CCCNC3)cc1CCCCC2. The second kappa shape index (κ2) is 8.89. The molecule has 3 N–H and O–H groups in total. The van der Waals surface area contributed by atoms with Gasteiger partial charge in [0.25, 0.3) is 0 Å². The Morgan fingerprint density at radius 3 is 2.70 bits per heavy atom. The smallest absolute Gasteiger partial charge is 0.381 e. The van der Waals surface area contributed by atoms with Crippen LogP contribution in [0.3, 0.4) is 0 Å². The Morgan fingerprint density at radius 2 is 1.97 bits per heavy atom. The number of nitrogens with zero attached hydrogens (tertiary/aromatic N) is 1. The van der Waals surface area contributed by atoms with Gasteiger partial charge in [0.2, 0.25) is 0 Å². The lowest BCUT2D eigenvalue weighted by atomic mass is 9.95. The summed E-state index contributed by atoms with van der Waals surface area (Å²) < 4.78 is 40.2. The van der Waals surface area contributed by atoms with Gasteiger partial charge in [-0.3, -0.25) is 10.3 Å². The average molecular weight is 422 g/mol. The van der Waals surface area contributed by atoms with Crippen LogP contribution in [-0.2, 0) is 11.3 Å². The minimum absolute atomic E-state index is 0.395. The van der Waals surface area contributed by atoms with Crippen molar-refractivity contribution in [3.05, 3.63) is 46.7 Å². The van der Waals surface area contributed by atoms with Crippen LogP contribution in [0.15, 0.2) is 35.5 Å². The van der Waals surface area contributed by atoms with Crippen LogP contribution >= 0.6 is 0 Å². The maximum absolute atomic E-state index is 13.4. The molecular weight excluding hydrogens is 393 g/mol. The Morgan fingerprint density at radius 1 is 1.13 bits per heavy atom. The van der Waals surface area contributed by atoms with E-state index in [1.807, 2.05) is 12.1 Å². The van der Waals surface area contributed by atoms with Gasteiger partial charge in [0.05, 0.1) is 12.8 Å². The molecule has 0 bridgehead atoms. The quantitative estimate of drug-likeness (QED) is 0.669. The molecule has 0 unspecified atom stereocenters. The van der Waals surface area contributed by atoms with E-state index < -0.39 is 11.9 Å².